The summed E-state index contributed by atoms with van der Waals surface area (Å²) in [7, 11) is 1.41. The number of aliphatic carboxylic acids is 1. The Morgan fingerprint density at radius 1 is 0.875 bits per heavy atom. The molecule has 0 bridgehead atoms. The molecule has 4 rings (SSSR count). The SMILES string of the molecule is CO[C@H](C)[C@H](NC(C)=O)C(=O)NC(C(=O)N[C@@H](CCCN=C(N)N)C(=O)N1Cc2ccccc2C[C@H]1C(=O)N[C@@H](Cc1ccccc1)C(=O)O)C1CCCCC1. The maximum absolute atomic E-state index is 14.8. The van der Waals surface area contributed by atoms with Gasteiger partial charge in [0.2, 0.25) is 29.5 Å². The van der Waals surface area contributed by atoms with Crippen molar-refractivity contribution < 1.29 is 38.6 Å². The monoisotopic (exact) mass is 776 g/mol. The van der Waals surface area contributed by atoms with Crippen LogP contribution in [0.3, 0.4) is 0 Å². The van der Waals surface area contributed by atoms with E-state index in [2.05, 4.69) is 26.3 Å². The highest BCUT2D eigenvalue weighted by Crippen LogP contribution is 2.28. The largest absolute Gasteiger partial charge is 0.480 e. The lowest BCUT2D eigenvalue weighted by Gasteiger charge is -2.39. The topological polar surface area (TPSA) is 248 Å². The fraction of sp³-hybridized carbons (Fsp3) is 0.525. The molecule has 2 aromatic rings. The van der Waals surface area contributed by atoms with Crippen LogP contribution in [0.25, 0.3) is 0 Å². The number of ether oxygens (including phenoxy) is 1. The van der Waals surface area contributed by atoms with Crippen LogP contribution < -0.4 is 32.7 Å². The fourth-order valence-electron chi connectivity index (χ4n) is 7.39. The first kappa shape index (κ1) is 43.2. The van der Waals surface area contributed by atoms with E-state index in [9.17, 15) is 33.9 Å². The van der Waals surface area contributed by atoms with Crippen molar-refractivity contribution in [2.24, 2.45) is 22.4 Å². The molecule has 6 atom stereocenters. The summed E-state index contributed by atoms with van der Waals surface area (Å²) in [6.45, 7) is 3.10. The van der Waals surface area contributed by atoms with Crippen molar-refractivity contribution in [2.45, 2.75) is 114 Å². The van der Waals surface area contributed by atoms with Crippen LogP contribution >= 0.6 is 0 Å². The molecule has 16 heteroatoms. The molecule has 0 aromatic heterocycles. The lowest BCUT2D eigenvalue weighted by molar-refractivity contribution is -0.147. The summed E-state index contributed by atoms with van der Waals surface area (Å²) in [6, 6.07) is 10.6. The highest BCUT2D eigenvalue weighted by Gasteiger charge is 2.41. The molecule has 16 nitrogen and oxygen atoms in total. The molecule has 1 unspecified atom stereocenters. The lowest BCUT2D eigenvalue weighted by Crippen LogP contribution is -2.62. The summed E-state index contributed by atoms with van der Waals surface area (Å²) >= 11 is 0. The van der Waals surface area contributed by atoms with Crippen LogP contribution in [0, 0.1) is 5.92 Å². The van der Waals surface area contributed by atoms with Crippen molar-refractivity contribution in [3.8, 4) is 0 Å². The van der Waals surface area contributed by atoms with Crippen LogP contribution in [0.4, 0.5) is 0 Å². The van der Waals surface area contributed by atoms with E-state index in [0.29, 0.717) is 18.4 Å². The van der Waals surface area contributed by atoms with Crippen molar-refractivity contribution in [3.63, 3.8) is 0 Å². The Balaban J connectivity index is 1.65. The highest BCUT2D eigenvalue weighted by atomic mass is 16.5. The molecule has 56 heavy (non-hydrogen) atoms. The molecule has 9 N–H and O–H groups in total. The number of nitrogens with one attached hydrogen (secondary N) is 4. The number of guanidine groups is 1. The highest BCUT2D eigenvalue weighted by molar-refractivity contribution is 5.96. The van der Waals surface area contributed by atoms with Gasteiger partial charge in [-0.3, -0.25) is 29.0 Å². The molecule has 1 aliphatic carbocycles. The zero-order valence-corrected chi connectivity index (χ0v) is 32.4. The van der Waals surface area contributed by atoms with E-state index < -0.39 is 71.8 Å². The van der Waals surface area contributed by atoms with Gasteiger partial charge in [0, 0.05) is 40.0 Å². The van der Waals surface area contributed by atoms with Crippen LogP contribution in [0.5, 0.6) is 0 Å². The Morgan fingerprint density at radius 3 is 2.16 bits per heavy atom. The van der Waals surface area contributed by atoms with Gasteiger partial charge in [0.05, 0.1) is 6.10 Å². The molecule has 5 amide bonds. The second-order valence-electron chi connectivity index (χ2n) is 14.6. The van der Waals surface area contributed by atoms with Gasteiger partial charge in [0.1, 0.15) is 30.2 Å². The van der Waals surface area contributed by atoms with Gasteiger partial charge in [-0.2, -0.15) is 0 Å². The third-order valence-corrected chi connectivity index (χ3v) is 10.5. The molecule has 1 aliphatic heterocycles. The van der Waals surface area contributed by atoms with Crippen LogP contribution in [0.2, 0.25) is 0 Å². The second-order valence-corrected chi connectivity index (χ2v) is 14.6. The molecular weight excluding hydrogens is 720 g/mol. The Kier molecular flexibility index (Phi) is 16.2. The quantitative estimate of drug-likeness (QED) is 0.0640. The first-order valence-electron chi connectivity index (χ1n) is 19.2. The summed E-state index contributed by atoms with van der Waals surface area (Å²) in [4.78, 5) is 86.7. The summed E-state index contributed by atoms with van der Waals surface area (Å²) in [5.74, 6) is -4.47. The maximum Gasteiger partial charge on any atom is 0.326 e. The number of rotatable bonds is 18. The Bertz CT molecular complexity index is 1710. The molecule has 0 spiro atoms. The van der Waals surface area contributed by atoms with E-state index in [1.165, 1.54) is 18.9 Å². The molecule has 1 heterocycles. The Morgan fingerprint density at radius 2 is 1.54 bits per heavy atom. The van der Waals surface area contributed by atoms with Gasteiger partial charge >= 0.3 is 5.97 Å². The molecule has 304 valence electrons. The van der Waals surface area contributed by atoms with Gasteiger partial charge < -0.3 is 47.5 Å². The third kappa shape index (κ3) is 12.2. The van der Waals surface area contributed by atoms with Crippen molar-refractivity contribution in [1.29, 1.82) is 0 Å². The fourth-order valence-corrected chi connectivity index (χ4v) is 7.39. The summed E-state index contributed by atoms with van der Waals surface area (Å²) < 4.78 is 5.36. The first-order chi connectivity index (χ1) is 26.8. The summed E-state index contributed by atoms with van der Waals surface area (Å²) in [5, 5.41) is 21.1. The number of aliphatic imine (C=N–C) groups is 1. The van der Waals surface area contributed by atoms with Crippen molar-refractivity contribution in [3.05, 3.63) is 71.3 Å². The van der Waals surface area contributed by atoms with Gasteiger partial charge in [-0.1, -0.05) is 73.9 Å². The van der Waals surface area contributed by atoms with E-state index in [1.54, 1.807) is 31.2 Å². The minimum absolute atomic E-state index is 0.0277. The number of carboxylic acids is 1. The molecular formula is C40H56N8O8. The molecule has 2 aliphatic rings. The molecule has 1 fully saturated rings. The number of benzene rings is 2. The smallest absolute Gasteiger partial charge is 0.326 e. The number of carbonyl (C=O) groups is 6. The maximum atomic E-state index is 14.8. The molecule has 2 aromatic carbocycles. The standard InChI is InChI=1S/C40H56N8O8/c1-24(56-3)33(44-25(2)49)36(51)47-34(27-15-8-5-9-16-27)37(52)45-30(19-12-20-43-40(41)42)38(53)48-23-29-18-11-10-17-28(29)22-32(48)35(50)46-31(39(54)55)21-26-13-6-4-7-14-26/h4,6-7,10-11,13-14,17-18,24,27,30-34H,5,8-9,12,15-16,19-23H2,1-3H3,(H,44,49)(H,45,52)(H,46,50)(H,47,51)(H,54,55)(H4,41,42,43)/t24-,30+,31+,32+,33+,34?/m1/s1. The van der Waals surface area contributed by atoms with Crippen LogP contribution in [0.1, 0.15) is 75.5 Å². The number of hydrogen-bond donors (Lipinski definition) is 7. The molecule has 1 saturated carbocycles. The van der Waals surface area contributed by atoms with Gasteiger partial charge in [-0.25, -0.2) is 4.79 Å². The number of nitrogens with two attached hydrogens (primary N) is 2. The zero-order chi connectivity index (χ0) is 40.8. The predicted octanol–water partition coefficient (Wildman–Crippen LogP) is 0.895. The van der Waals surface area contributed by atoms with Gasteiger partial charge in [-0.15, -0.1) is 0 Å². The Hall–Kier alpha value is -5.51. The first-order valence-corrected chi connectivity index (χ1v) is 19.2. The minimum Gasteiger partial charge on any atom is -0.480 e. The average Bonchev–Trinajstić information content (AvgIpc) is 3.19. The van der Waals surface area contributed by atoms with Crippen molar-refractivity contribution >= 4 is 41.5 Å². The lowest BCUT2D eigenvalue weighted by atomic mass is 9.83. The number of fused-ring (bicyclic) bond motifs is 1. The van der Waals surface area contributed by atoms with E-state index in [0.717, 1.165) is 30.4 Å². The van der Waals surface area contributed by atoms with E-state index >= 15 is 0 Å². The normalized spacial score (nSPS) is 18.1. The number of methoxy groups -OCH3 is 1. The number of carbonyl (C=O) groups excluding carboxylic acids is 5. The summed E-state index contributed by atoms with van der Waals surface area (Å²) in [6.07, 6.45) is 3.79. The van der Waals surface area contributed by atoms with E-state index in [-0.39, 0.29) is 50.7 Å². The zero-order valence-electron chi connectivity index (χ0n) is 32.4. The van der Waals surface area contributed by atoms with Crippen LogP contribution in [0.15, 0.2) is 59.6 Å². The van der Waals surface area contributed by atoms with Gasteiger partial charge in [-0.05, 0) is 55.2 Å². The number of hydrogen-bond acceptors (Lipinski definition) is 8. The van der Waals surface area contributed by atoms with Crippen molar-refractivity contribution in [2.75, 3.05) is 13.7 Å². The van der Waals surface area contributed by atoms with Crippen molar-refractivity contribution in [1.82, 2.24) is 26.2 Å². The number of carboxylic acid groups (broad SMARTS) is 1. The van der Waals surface area contributed by atoms with Gasteiger partial charge in [0.25, 0.3) is 0 Å². The number of amides is 5. The summed E-state index contributed by atoms with van der Waals surface area (Å²) in [5.41, 5.74) is 13.4. The van der Waals surface area contributed by atoms with Crippen LogP contribution in [-0.2, 0) is 52.9 Å². The minimum atomic E-state index is -1.27. The molecule has 0 radical (unpaired) electrons. The Labute approximate surface area is 327 Å². The van der Waals surface area contributed by atoms with Gasteiger partial charge in [0.15, 0.2) is 5.96 Å². The van der Waals surface area contributed by atoms with Crippen LogP contribution in [-0.4, -0.2) is 101 Å². The van der Waals surface area contributed by atoms with E-state index in [1.807, 2.05) is 30.3 Å². The number of nitrogens with zero attached hydrogens (tertiary/aromatic N) is 2. The second kappa shape index (κ2) is 21.0. The average molecular weight is 777 g/mol. The third-order valence-electron chi connectivity index (χ3n) is 10.5. The van der Waals surface area contributed by atoms with E-state index in [4.69, 9.17) is 16.2 Å². The molecule has 0 saturated heterocycles. The predicted molar refractivity (Wildman–Crippen MR) is 209 cm³/mol.